The molecular weight excluding hydrogens is 252 g/mol. The summed E-state index contributed by atoms with van der Waals surface area (Å²) in [6.45, 7) is 2.98. The molecule has 0 unspecified atom stereocenters. The maximum Gasteiger partial charge on any atom is 0.123 e. The van der Waals surface area contributed by atoms with Crippen LogP contribution in [0.4, 0.5) is 0 Å². The topological polar surface area (TPSA) is 9.23 Å². The predicted molar refractivity (Wildman–Crippen MR) is 66.6 cm³/mol. The SMILES string of the molecule is Cc1ccc(OCCC2CC2)c(CBr)c1. The molecule has 1 saturated carbocycles. The van der Waals surface area contributed by atoms with Crippen LogP contribution < -0.4 is 4.74 Å². The average molecular weight is 269 g/mol. The monoisotopic (exact) mass is 268 g/mol. The fourth-order valence-corrected chi connectivity index (χ4v) is 2.13. The third-order valence-corrected chi connectivity index (χ3v) is 3.44. The van der Waals surface area contributed by atoms with Gasteiger partial charge in [-0.2, -0.15) is 0 Å². The number of hydrogen-bond donors (Lipinski definition) is 0. The summed E-state index contributed by atoms with van der Waals surface area (Å²) < 4.78 is 5.80. The van der Waals surface area contributed by atoms with Gasteiger partial charge in [0.05, 0.1) is 6.61 Å². The van der Waals surface area contributed by atoms with Crippen molar-refractivity contribution in [3.63, 3.8) is 0 Å². The Labute approximate surface area is 100.0 Å². The molecule has 1 fully saturated rings. The van der Waals surface area contributed by atoms with Gasteiger partial charge in [0.25, 0.3) is 0 Å². The summed E-state index contributed by atoms with van der Waals surface area (Å²) in [6.07, 6.45) is 4.03. The number of rotatable bonds is 5. The van der Waals surface area contributed by atoms with Gasteiger partial charge in [-0.3, -0.25) is 0 Å². The summed E-state index contributed by atoms with van der Waals surface area (Å²) in [5.74, 6) is 1.99. The van der Waals surface area contributed by atoms with Crippen molar-refractivity contribution in [2.45, 2.75) is 31.5 Å². The lowest BCUT2D eigenvalue weighted by Gasteiger charge is -2.10. The fourth-order valence-electron chi connectivity index (χ4n) is 1.70. The first-order valence-corrected chi connectivity index (χ1v) is 6.70. The molecule has 0 atom stereocenters. The molecule has 1 aromatic rings. The van der Waals surface area contributed by atoms with Crippen molar-refractivity contribution >= 4 is 15.9 Å². The minimum atomic E-state index is 0.868. The third-order valence-electron chi connectivity index (χ3n) is 2.84. The van der Waals surface area contributed by atoms with Crippen LogP contribution in [0.2, 0.25) is 0 Å². The second kappa shape index (κ2) is 5.02. The standard InChI is InChI=1S/C13H17BrO/c1-10-2-5-13(12(8-10)9-14)15-7-6-11-3-4-11/h2,5,8,11H,3-4,6-7,9H2,1H3. The first-order chi connectivity index (χ1) is 7.29. The minimum absolute atomic E-state index is 0.868. The zero-order valence-corrected chi connectivity index (χ0v) is 10.7. The molecule has 1 aliphatic carbocycles. The molecule has 0 heterocycles. The van der Waals surface area contributed by atoms with Gasteiger partial charge in [-0.15, -0.1) is 0 Å². The number of alkyl halides is 1. The minimum Gasteiger partial charge on any atom is -0.493 e. The Hall–Kier alpha value is -0.500. The summed E-state index contributed by atoms with van der Waals surface area (Å²) in [7, 11) is 0. The summed E-state index contributed by atoms with van der Waals surface area (Å²) >= 11 is 3.50. The van der Waals surface area contributed by atoms with Gasteiger partial charge in [0, 0.05) is 10.9 Å². The van der Waals surface area contributed by atoms with Gasteiger partial charge in [-0.05, 0) is 25.3 Å². The van der Waals surface area contributed by atoms with Crippen molar-refractivity contribution in [1.82, 2.24) is 0 Å². The maximum absolute atomic E-state index is 5.80. The normalized spacial score (nSPS) is 15.3. The maximum atomic E-state index is 5.80. The van der Waals surface area contributed by atoms with E-state index in [4.69, 9.17) is 4.74 Å². The van der Waals surface area contributed by atoms with E-state index in [0.29, 0.717) is 0 Å². The Morgan fingerprint density at radius 1 is 1.40 bits per heavy atom. The fraction of sp³-hybridized carbons (Fsp3) is 0.538. The van der Waals surface area contributed by atoms with Crippen molar-refractivity contribution in [2.75, 3.05) is 6.61 Å². The van der Waals surface area contributed by atoms with Gasteiger partial charge in [0.15, 0.2) is 0 Å². The molecule has 0 amide bonds. The van der Waals surface area contributed by atoms with Crippen LogP contribution in [0.5, 0.6) is 5.75 Å². The number of benzene rings is 1. The lowest BCUT2D eigenvalue weighted by atomic mass is 10.1. The molecule has 2 rings (SSSR count). The van der Waals surface area contributed by atoms with Crippen LogP contribution in [0.15, 0.2) is 18.2 Å². The molecule has 0 spiro atoms. The highest BCUT2D eigenvalue weighted by atomic mass is 79.9. The molecule has 0 saturated heterocycles. The van der Waals surface area contributed by atoms with Gasteiger partial charge < -0.3 is 4.74 Å². The van der Waals surface area contributed by atoms with Crippen LogP contribution in [-0.4, -0.2) is 6.61 Å². The Morgan fingerprint density at radius 3 is 2.87 bits per heavy atom. The van der Waals surface area contributed by atoms with E-state index in [1.165, 1.54) is 30.4 Å². The van der Waals surface area contributed by atoms with Crippen molar-refractivity contribution in [3.05, 3.63) is 29.3 Å². The van der Waals surface area contributed by atoms with Crippen LogP contribution in [0, 0.1) is 12.8 Å². The lowest BCUT2D eigenvalue weighted by molar-refractivity contribution is 0.300. The van der Waals surface area contributed by atoms with E-state index >= 15 is 0 Å². The van der Waals surface area contributed by atoms with Gasteiger partial charge in [-0.25, -0.2) is 0 Å². The van der Waals surface area contributed by atoms with E-state index in [2.05, 4.69) is 41.1 Å². The van der Waals surface area contributed by atoms with Crippen LogP contribution >= 0.6 is 15.9 Å². The van der Waals surface area contributed by atoms with Crippen molar-refractivity contribution < 1.29 is 4.74 Å². The molecule has 0 bridgehead atoms. The van der Waals surface area contributed by atoms with Gasteiger partial charge in [-0.1, -0.05) is 46.5 Å². The molecule has 0 aliphatic heterocycles. The van der Waals surface area contributed by atoms with Crippen LogP contribution in [-0.2, 0) is 5.33 Å². The summed E-state index contributed by atoms with van der Waals surface area (Å²) in [6, 6.07) is 6.37. The van der Waals surface area contributed by atoms with Gasteiger partial charge >= 0.3 is 0 Å². The second-order valence-corrected chi connectivity index (χ2v) is 4.89. The molecule has 0 aromatic heterocycles. The molecule has 0 radical (unpaired) electrons. The van der Waals surface area contributed by atoms with E-state index in [1.807, 2.05) is 0 Å². The largest absolute Gasteiger partial charge is 0.493 e. The quantitative estimate of drug-likeness (QED) is 0.732. The molecule has 0 N–H and O–H groups in total. The Morgan fingerprint density at radius 2 is 2.20 bits per heavy atom. The predicted octanol–water partition coefficient (Wildman–Crippen LogP) is 4.07. The summed E-state index contributed by atoms with van der Waals surface area (Å²) in [4.78, 5) is 0. The van der Waals surface area contributed by atoms with Crippen molar-refractivity contribution in [2.24, 2.45) is 5.92 Å². The van der Waals surface area contributed by atoms with Gasteiger partial charge in [0.1, 0.15) is 5.75 Å². The zero-order chi connectivity index (χ0) is 10.7. The number of halogens is 1. The highest BCUT2D eigenvalue weighted by Gasteiger charge is 2.20. The van der Waals surface area contributed by atoms with E-state index in [-0.39, 0.29) is 0 Å². The average Bonchev–Trinajstić information content (AvgIpc) is 3.04. The van der Waals surface area contributed by atoms with Crippen molar-refractivity contribution in [3.8, 4) is 5.75 Å². The van der Waals surface area contributed by atoms with E-state index in [9.17, 15) is 0 Å². The van der Waals surface area contributed by atoms with Crippen molar-refractivity contribution in [1.29, 1.82) is 0 Å². The molecule has 2 heteroatoms. The van der Waals surface area contributed by atoms with Crippen LogP contribution in [0.1, 0.15) is 30.4 Å². The lowest BCUT2D eigenvalue weighted by Crippen LogP contribution is -2.00. The molecule has 82 valence electrons. The molecule has 15 heavy (non-hydrogen) atoms. The summed E-state index contributed by atoms with van der Waals surface area (Å²) in [5.41, 5.74) is 2.55. The third kappa shape index (κ3) is 3.23. The zero-order valence-electron chi connectivity index (χ0n) is 9.13. The summed E-state index contributed by atoms with van der Waals surface area (Å²) in [5, 5.41) is 0.868. The van der Waals surface area contributed by atoms with E-state index in [1.54, 1.807) is 0 Å². The Kier molecular flexibility index (Phi) is 3.68. The second-order valence-electron chi connectivity index (χ2n) is 4.33. The molecule has 1 nitrogen and oxygen atoms in total. The number of hydrogen-bond acceptors (Lipinski definition) is 1. The van der Waals surface area contributed by atoms with Gasteiger partial charge in [0.2, 0.25) is 0 Å². The van der Waals surface area contributed by atoms with Crippen LogP contribution in [0.3, 0.4) is 0 Å². The Bertz CT molecular complexity index is 331. The first-order valence-electron chi connectivity index (χ1n) is 5.58. The molecule has 1 aliphatic rings. The van der Waals surface area contributed by atoms with Crippen LogP contribution in [0.25, 0.3) is 0 Å². The highest BCUT2D eigenvalue weighted by Crippen LogP contribution is 2.32. The smallest absolute Gasteiger partial charge is 0.123 e. The number of aryl methyl sites for hydroxylation is 1. The number of ether oxygens (including phenoxy) is 1. The Balaban J connectivity index is 1.92. The molecular formula is C13H17BrO. The van der Waals surface area contributed by atoms with E-state index < -0.39 is 0 Å². The first kappa shape index (κ1) is 11.0. The highest BCUT2D eigenvalue weighted by molar-refractivity contribution is 9.08. The van der Waals surface area contributed by atoms with E-state index in [0.717, 1.165) is 23.6 Å². The molecule has 1 aromatic carbocycles.